The molecular weight excluding hydrogens is 576 g/mol. The number of halogens is 1. The molecule has 0 unspecified atom stereocenters. The van der Waals surface area contributed by atoms with Crippen LogP contribution in [0.3, 0.4) is 0 Å². The Kier molecular flexibility index (Phi) is 9.17. The molecule has 1 atom stereocenters. The average Bonchev–Trinajstić information content (AvgIpc) is 3.34. The number of thiophene rings is 1. The molecule has 0 spiro atoms. The Bertz CT molecular complexity index is 1410. The van der Waals surface area contributed by atoms with Crippen LogP contribution in [0.2, 0.25) is 5.02 Å². The van der Waals surface area contributed by atoms with Crippen molar-refractivity contribution in [1.29, 1.82) is 0 Å². The minimum absolute atomic E-state index is 0.0616. The van der Waals surface area contributed by atoms with E-state index in [-0.39, 0.29) is 29.6 Å². The molecule has 3 rings (SSSR count). The van der Waals surface area contributed by atoms with E-state index in [2.05, 4.69) is 4.72 Å². The van der Waals surface area contributed by atoms with E-state index in [1.54, 1.807) is 30.3 Å². The maximum atomic E-state index is 13.4. The van der Waals surface area contributed by atoms with Gasteiger partial charge in [0.1, 0.15) is 10.3 Å². The lowest BCUT2D eigenvalue weighted by atomic mass is 10.2. The molecule has 0 radical (unpaired) electrons. The van der Waals surface area contributed by atoms with Crippen LogP contribution < -0.4 is 10.2 Å². The predicted molar refractivity (Wildman–Crippen MR) is 135 cm³/mol. The van der Waals surface area contributed by atoms with Gasteiger partial charge in [-0.2, -0.15) is 8.61 Å². The zero-order chi connectivity index (χ0) is 26.7. The normalized spacial score (nSPS) is 18.2. The quantitative estimate of drug-likeness (QED) is 0.262. The molecule has 17 heteroatoms. The summed E-state index contributed by atoms with van der Waals surface area (Å²) in [7, 11) is -11.9. The van der Waals surface area contributed by atoms with Gasteiger partial charge in [0.2, 0.25) is 20.0 Å². The number of carbonyl (C=O) groups is 1. The smallest absolute Gasteiger partial charge is 0.263 e. The van der Waals surface area contributed by atoms with Gasteiger partial charge in [0.15, 0.2) is 0 Å². The second-order valence-electron chi connectivity index (χ2n) is 7.70. The molecule has 0 aliphatic carbocycles. The molecule has 2 heterocycles. The molecule has 1 fully saturated rings. The van der Waals surface area contributed by atoms with Gasteiger partial charge in [0.25, 0.3) is 15.9 Å². The second-order valence-corrected chi connectivity index (χ2v) is 15.5. The molecule has 0 saturated carbocycles. The van der Waals surface area contributed by atoms with Gasteiger partial charge < -0.3 is 0 Å². The molecule has 0 bridgehead atoms. The highest BCUT2D eigenvalue weighted by Crippen LogP contribution is 2.34. The van der Waals surface area contributed by atoms with E-state index in [9.17, 15) is 35.3 Å². The van der Waals surface area contributed by atoms with Gasteiger partial charge in [-0.25, -0.2) is 35.5 Å². The summed E-state index contributed by atoms with van der Waals surface area (Å²) in [4.78, 5) is 13.0. The summed E-state index contributed by atoms with van der Waals surface area (Å²) in [6.45, 7) is -0.137. The zero-order valence-electron chi connectivity index (χ0n) is 19.0. The lowest BCUT2D eigenvalue weighted by Crippen LogP contribution is -2.61. The average molecular weight is 601 g/mol. The molecule has 1 aliphatic rings. The zero-order valence-corrected chi connectivity index (χ0v) is 23.0. The second kappa shape index (κ2) is 11.4. The van der Waals surface area contributed by atoms with Crippen LogP contribution in [0.4, 0.5) is 0 Å². The van der Waals surface area contributed by atoms with Crippen LogP contribution in [-0.4, -0.2) is 88.7 Å². The van der Waals surface area contributed by atoms with E-state index in [4.69, 9.17) is 11.6 Å². The van der Waals surface area contributed by atoms with Crippen molar-refractivity contribution in [2.75, 3.05) is 37.7 Å². The number of benzene rings is 1. The number of sulfonamides is 3. The third-order valence-corrected chi connectivity index (χ3v) is 12.4. The van der Waals surface area contributed by atoms with Crippen molar-refractivity contribution < 1.29 is 35.3 Å². The minimum atomic E-state index is -4.23. The van der Waals surface area contributed by atoms with Crippen LogP contribution in [0.15, 0.2) is 40.6 Å². The number of hydrogen-bond acceptors (Lipinski definition) is 9. The van der Waals surface area contributed by atoms with Crippen molar-refractivity contribution in [2.24, 2.45) is 0 Å². The number of amides is 1. The molecule has 1 aliphatic heterocycles. The van der Waals surface area contributed by atoms with E-state index in [0.717, 1.165) is 25.5 Å². The Balaban J connectivity index is 1.81. The van der Waals surface area contributed by atoms with Crippen LogP contribution >= 0.6 is 22.9 Å². The van der Waals surface area contributed by atoms with Crippen molar-refractivity contribution in [3.05, 3.63) is 41.4 Å². The first kappa shape index (κ1) is 28.9. The first-order chi connectivity index (χ1) is 16.8. The third-order valence-electron chi connectivity index (χ3n) is 5.44. The molecule has 1 aromatic heterocycles. The Morgan fingerprint density at radius 1 is 1.08 bits per heavy atom. The molecule has 200 valence electrons. The fourth-order valence-corrected chi connectivity index (χ4v) is 8.70. The predicted octanol–water partition coefficient (Wildman–Crippen LogP) is 0.518. The van der Waals surface area contributed by atoms with Gasteiger partial charge in [0.05, 0.1) is 11.5 Å². The Morgan fingerprint density at radius 2 is 1.75 bits per heavy atom. The first-order valence-electron chi connectivity index (χ1n) is 10.6. The number of hydroxylamine groups is 1. The van der Waals surface area contributed by atoms with Crippen LogP contribution in [0.5, 0.6) is 0 Å². The van der Waals surface area contributed by atoms with Gasteiger partial charge in [-0.15, -0.1) is 11.3 Å². The standard InChI is InChI=1S/C19H25ClN4O8S4/c1-2-34(27,28)21-9-12-35(29,30)23-10-11-24(16(13-23)19(25)22-26)36(31,32)18-8-7-17(33-18)14-3-5-15(20)6-4-14/h3-8,16,21,26H,2,9-13H2,1H3,(H,22,25)/t16-/m1/s1. The maximum Gasteiger partial charge on any atom is 0.263 e. The molecule has 2 aromatic rings. The molecular formula is C19H25ClN4O8S4. The monoisotopic (exact) mass is 600 g/mol. The van der Waals surface area contributed by atoms with Gasteiger partial charge in [-0.3, -0.25) is 10.0 Å². The number of piperazine rings is 1. The number of rotatable bonds is 10. The minimum Gasteiger partial charge on any atom is -0.289 e. The molecule has 1 amide bonds. The van der Waals surface area contributed by atoms with Crippen molar-refractivity contribution in [3.8, 4) is 10.4 Å². The highest BCUT2D eigenvalue weighted by atomic mass is 35.5. The highest BCUT2D eigenvalue weighted by molar-refractivity contribution is 7.91. The van der Waals surface area contributed by atoms with Crippen LogP contribution in [0.25, 0.3) is 10.4 Å². The SMILES string of the molecule is CCS(=O)(=O)NCCS(=O)(=O)N1CCN(S(=O)(=O)c2ccc(-c3ccc(Cl)cc3)s2)[C@@H](C(=O)NO)C1. The highest BCUT2D eigenvalue weighted by Gasteiger charge is 2.43. The maximum absolute atomic E-state index is 13.4. The molecule has 3 N–H and O–H groups in total. The van der Waals surface area contributed by atoms with E-state index >= 15 is 0 Å². The fourth-order valence-electron chi connectivity index (χ4n) is 3.47. The molecule has 36 heavy (non-hydrogen) atoms. The lowest BCUT2D eigenvalue weighted by Gasteiger charge is -2.38. The molecule has 1 saturated heterocycles. The summed E-state index contributed by atoms with van der Waals surface area (Å²) in [6.07, 6.45) is 0. The van der Waals surface area contributed by atoms with Crippen molar-refractivity contribution >= 4 is 58.9 Å². The lowest BCUT2D eigenvalue weighted by molar-refractivity contribution is -0.134. The fraction of sp³-hybridized carbons (Fsp3) is 0.421. The molecule has 12 nitrogen and oxygen atoms in total. The molecule has 1 aromatic carbocycles. The Morgan fingerprint density at radius 3 is 2.36 bits per heavy atom. The van der Waals surface area contributed by atoms with Gasteiger partial charge in [-0.1, -0.05) is 23.7 Å². The third kappa shape index (κ3) is 6.62. The van der Waals surface area contributed by atoms with Gasteiger partial charge >= 0.3 is 0 Å². The number of nitrogens with one attached hydrogen (secondary N) is 2. The van der Waals surface area contributed by atoms with Gasteiger partial charge in [-0.05, 0) is 36.8 Å². The first-order valence-corrected chi connectivity index (χ1v) is 16.5. The van der Waals surface area contributed by atoms with Crippen molar-refractivity contribution in [1.82, 2.24) is 18.8 Å². The number of carbonyl (C=O) groups excluding carboxylic acids is 1. The van der Waals surface area contributed by atoms with E-state index in [0.29, 0.717) is 9.90 Å². The summed E-state index contributed by atoms with van der Waals surface area (Å²) in [5.74, 6) is -1.90. The largest absolute Gasteiger partial charge is 0.289 e. The van der Waals surface area contributed by atoms with Gasteiger partial charge in [0, 0.05) is 36.1 Å². The Labute approximate surface area is 219 Å². The summed E-state index contributed by atoms with van der Waals surface area (Å²) in [6, 6.07) is 8.25. The van der Waals surface area contributed by atoms with Crippen molar-refractivity contribution in [3.63, 3.8) is 0 Å². The number of nitrogens with zero attached hydrogens (tertiary/aromatic N) is 2. The Hall–Kier alpha value is -1.63. The van der Waals surface area contributed by atoms with Crippen molar-refractivity contribution in [2.45, 2.75) is 17.2 Å². The summed E-state index contributed by atoms with van der Waals surface area (Å²) >= 11 is 6.87. The van der Waals surface area contributed by atoms with Crippen LogP contribution in [0.1, 0.15) is 6.92 Å². The van der Waals surface area contributed by atoms with E-state index < -0.39 is 54.3 Å². The summed E-state index contributed by atoms with van der Waals surface area (Å²) < 4.78 is 79.3. The summed E-state index contributed by atoms with van der Waals surface area (Å²) in [5, 5.41) is 9.71. The van der Waals surface area contributed by atoms with Crippen LogP contribution in [0, 0.1) is 0 Å². The number of hydrogen-bond donors (Lipinski definition) is 3. The van der Waals surface area contributed by atoms with E-state index in [1.165, 1.54) is 18.5 Å². The summed E-state index contributed by atoms with van der Waals surface area (Å²) in [5.41, 5.74) is 2.14. The van der Waals surface area contributed by atoms with Crippen LogP contribution in [-0.2, 0) is 34.9 Å². The van der Waals surface area contributed by atoms with E-state index in [1.807, 2.05) is 0 Å². The topological polar surface area (TPSA) is 170 Å².